The number of halogens is 1. The van der Waals surface area contributed by atoms with E-state index in [1.54, 1.807) is 0 Å². The summed E-state index contributed by atoms with van der Waals surface area (Å²) in [6.45, 7) is 0. The molecule has 0 amide bonds. The Balaban J connectivity index is 0.00000180. The largest absolute Gasteiger partial charge is 1.00 e. The normalized spacial score (nSPS) is 18.0. The molecule has 27 heavy (non-hydrogen) atoms. The monoisotopic (exact) mass is 474 g/mol. The molecule has 0 fully saturated rings. The number of oxazole rings is 2. The highest BCUT2D eigenvalue weighted by molar-refractivity contribution is 5.77. The molecule has 0 saturated heterocycles. The average molecular weight is 474 g/mol. The fourth-order valence-corrected chi connectivity index (χ4v) is 3.47. The summed E-state index contributed by atoms with van der Waals surface area (Å²) in [7, 11) is 3.94. The predicted molar refractivity (Wildman–Crippen MR) is 98.2 cm³/mol. The zero-order valence-corrected chi connectivity index (χ0v) is 17.3. The summed E-state index contributed by atoms with van der Waals surface area (Å²) in [6, 6.07) is 3.91. The summed E-state index contributed by atoms with van der Waals surface area (Å²) >= 11 is 0. The molecule has 0 aromatic carbocycles. The Morgan fingerprint density at radius 1 is 1.19 bits per heavy atom. The number of pyridine rings is 1. The topological polar surface area (TPSA) is 59.2 Å². The van der Waals surface area contributed by atoms with Gasteiger partial charge < -0.3 is 37.7 Å². The molecule has 6 nitrogen and oxygen atoms in total. The molecule has 1 aliphatic carbocycles. The second kappa shape index (κ2) is 6.95. The van der Waals surface area contributed by atoms with E-state index >= 15 is 0 Å². The zero-order chi connectivity index (χ0) is 17.7. The summed E-state index contributed by atoms with van der Waals surface area (Å²) in [6.07, 6.45) is 12.9. The Kier molecular flexibility index (Phi) is 4.63. The van der Waals surface area contributed by atoms with Crippen LogP contribution in [0.25, 0.3) is 28.5 Å². The Morgan fingerprint density at radius 3 is 2.89 bits per heavy atom. The molecule has 0 N–H and O–H groups in total. The Morgan fingerprint density at radius 2 is 2.07 bits per heavy atom. The van der Waals surface area contributed by atoms with Crippen molar-refractivity contribution in [2.45, 2.75) is 19.3 Å². The molecule has 3 aromatic heterocycles. The van der Waals surface area contributed by atoms with Crippen LogP contribution in [0.4, 0.5) is 5.82 Å². The van der Waals surface area contributed by atoms with Crippen LogP contribution in [0.2, 0.25) is 0 Å². The van der Waals surface area contributed by atoms with E-state index in [0.29, 0.717) is 11.4 Å². The van der Waals surface area contributed by atoms with Gasteiger partial charge in [0.15, 0.2) is 11.2 Å². The van der Waals surface area contributed by atoms with Gasteiger partial charge in [0, 0.05) is 29.4 Å². The van der Waals surface area contributed by atoms with Crippen LogP contribution < -0.4 is 44.4 Å². The van der Waals surface area contributed by atoms with Crippen LogP contribution in [0.1, 0.15) is 25.2 Å². The molecular formula is C20H19IN4O2. The van der Waals surface area contributed by atoms with Crippen molar-refractivity contribution in [3.63, 3.8) is 0 Å². The van der Waals surface area contributed by atoms with Gasteiger partial charge in [-0.15, -0.1) is 0 Å². The van der Waals surface area contributed by atoms with Crippen LogP contribution in [0.15, 0.2) is 45.5 Å². The molecule has 2 aliphatic rings. The molecule has 1 aliphatic heterocycles. The average Bonchev–Trinajstić information content (AvgIpc) is 3.28. The van der Waals surface area contributed by atoms with Crippen molar-refractivity contribution in [2.24, 2.45) is 7.05 Å². The predicted octanol–water partition coefficient (Wildman–Crippen LogP) is -1.19. The highest BCUT2D eigenvalue weighted by Gasteiger charge is 2.23. The first kappa shape index (κ1) is 18.0. The standard InChI is InChI=1S/C20H19N4O2.HI/c1-23-10-4-8-15-17(23)21-19(25-15)13-6-3-7-14(12-13)20-22-18-16(26-20)9-5-11-24(18)2;/h4-5,8-12H,3,6-7H2,1-2H3;1H/q+1;/p-1. The van der Waals surface area contributed by atoms with Gasteiger partial charge in [0.25, 0.3) is 0 Å². The minimum absolute atomic E-state index is 0. The van der Waals surface area contributed by atoms with Gasteiger partial charge in [0.05, 0.1) is 13.2 Å². The fraction of sp³-hybridized carbons (Fsp3) is 0.250. The number of fused-ring (bicyclic) bond motifs is 2. The first-order valence-electron chi connectivity index (χ1n) is 8.76. The highest BCUT2D eigenvalue weighted by Crippen LogP contribution is 2.30. The first-order valence-corrected chi connectivity index (χ1v) is 8.76. The smallest absolute Gasteiger partial charge is 0.370 e. The summed E-state index contributed by atoms with van der Waals surface area (Å²) in [4.78, 5) is 11.3. The highest BCUT2D eigenvalue weighted by atomic mass is 127. The molecule has 138 valence electrons. The summed E-state index contributed by atoms with van der Waals surface area (Å²) < 4.78 is 13.9. The number of hydrogen-bond donors (Lipinski definition) is 0. The van der Waals surface area contributed by atoms with Crippen molar-refractivity contribution in [1.29, 1.82) is 0 Å². The van der Waals surface area contributed by atoms with Crippen LogP contribution >= 0.6 is 0 Å². The van der Waals surface area contributed by atoms with Crippen molar-refractivity contribution in [2.75, 3.05) is 11.9 Å². The van der Waals surface area contributed by atoms with Gasteiger partial charge in [-0.1, -0.05) is 0 Å². The lowest BCUT2D eigenvalue weighted by Gasteiger charge is -2.10. The molecular weight excluding hydrogens is 455 g/mol. The van der Waals surface area contributed by atoms with Crippen LogP contribution in [0, 0.1) is 0 Å². The molecule has 5 rings (SSSR count). The molecule has 0 spiro atoms. The molecule has 4 heterocycles. The van der Waals surface area contributed by atoms with Gasteiger partial charge in [-0.3, -0.25) is 0 Å². The molecule has 0 atom stereocenters. The van der Waals surface area contributed by atoms with Crippen molar-refractivity contribution < 1.29 is 37.4 Å². The minimum atomic E-state index is 0. The van der Waals surface area contributed by atoms with E-state index < -0.39 is 0 Å². The van der Waals surface area contributed by atoms with Gasteiger partial charge in [0.2, 0.25) is 11.1 Å². The quantitative estimate of drug-likeness (QED) is 0.328. The Bertz CT molecular complexity index is 1200. The van der Waals surface area contributed by atoms with E-state index in [4.69, 9.17) is 8.83 Å². The third-order valence-electron chi connectivity index (χ3n) is 4.84. The number of aryl methyl sites for hydroxylation is 1. The van der Waals surface area contributed by atoms with Crippen molar-refractivity contribution in [1.82, 2.24) is 9.97 Å². The molecule has 7 heteroatoms. The third-order valence-corrected chi connectivity index (χ3v) is 4.84. The molecule has 0 radical (unpaired) electrons. The molecule has 0 unspecified atom stereocenters. The number of rotatable bonds is 1. The van der Waals surface area contributed by atoms with Gasteiger partial charge in [-0.05, 0) is 49.6 Å². The lowest BCUT2D eigenvalue weighted by Crippen LogP contribution is -3.00. The van der Waals surface area contributed by atoms with E-state index in [1.165, 1.54) is 0 Å². The minimum Gasteiger partial charge on any atom is -1.00 e. The lowest BCUT2D eigenvalue weighted by molar-refractivity contribution is -0.646. The maximum absolute atomic E-state index is 5.98. The van der Waals surface area contributed by atoms with E-state index in [9.17, 15) is 0 Å². The second-order valence-electron chi connectivity index (χ2n) is 6.70. The van der Waals surface area contributed by atoms with E-state index in [0.717, 1.165) is 52.9 Å². The van der Waals surface area contributed by atoms with Crippen molar-refractivity contribution in [3.8, 4) is 0 Å². The summed E-state index contributed by atoms with van der Waals surface area (Å²) in [5.74, 6) is 1.53. The maximum Gasteiger partial charge on any atom is 0.370 e. The fourth-order valence-electron chi connectivity index (χ4n) is 3.47. The first-order chi connectivity index (χ1) is 12.7. The Hall–Kier alpha value is -2.42. The summed E-state index contributed by atoms with van der Waals surface area (Å²) in [5.41, 5.74) is 5.31. The zero-order valence-electron chi connectivity index (χ0n) is 15.1. The van der Waals surface area contributed by atoms with E-state index in [1.807, 2.05) is 60.2 Å². The van der Waals surface area contributed by atoms with Crippen LogP contribution in [-0.2, 0) is 7.05 Å². The Labute approximate surface area is 173 Å². The number of anilines is 1. The SMILES string of the molecule is CN1C=CC=c2o/c(=C3\C=C(c4nc5c(ccc[n+]5C)o4)CCC3)nc21.[I-]. The molecule has 0 bridgehead atoms. The lowest BCUT2D eigenvalue weighted by atomic mass is 9.96. The van der Waals surface area contributed by atoms with Gasteiger partial charge in [-0.25, -0.2) is 4.57 Å². The van der Waals surface area contributed by atoms with E-state index in [-0.39, 0.29) is 24.0 Å². The maximum atomic E-state index is 5.98. The number of aromatic nitrogens is 3. The third kappa shape index (κ3) is 3.09. The van der Waals surface area contributed by atoms with Gasteiger partial charge in [0.1, 0.15) is 0 Å². The molecule has 3 aromatic rings. The van der Waals surface area contributed by atoms with Crippen LogP contribution in [-0.4, -0.2) is 17.0 Å². The van der Waals surface area contributed by atoms with Crippen LogP contribution in [0.3, 0.4) is 0 Å². The van der Waals surface area contributed by atoms with E-state index in [2.05, 4.69) is 16.0 Å². The number of hydrogen-bond acceptors (Lipinski definition) is 5. The van der Waals surface area contributed by atoms with Crippen molar-refractivity contribution in [3.05, 3.63) is 53.5 Å². The number of nitrogens with zero attached hydrogens (tertiary/aromatic N) is 4. The van der Waals surface area contributed by atoms with Crippen molar-refractivity contribution >= 4 is 34.3 Å². The molecule has 0 saturated carbocycles. The number of allylic oxidation sites excluding steroid dienone is 3. The van der Waals surface area contributed by atoms with Crippen LogP contribution in [0.5, 0.6) is 0 Å². The van der Waals surface area contributed by atoms with Gasteiger partial charge >= 0.3 is 11.5 Å². The second-order valence-corrected chi connectivity index (χ2v) is 6.70. The van der Waals surface area contributed by atoms with Gasteiger partial charge in [-0.2, -0.15) is 4.98 Å². The summed E-state index contributed by atoms with van der Waals surface area (Å²) in [5, 5.41) is 0.